The molecule has 0 aliphatic rings. The van der Waals surface area contributed by atoms with Crippen molar-refractivity contribution in [2.45, 2.75) is 16.0 Å². The summed E-state index contributed by atoms with van der Waals surface area (Å²) in [6.07, 6.45) is -4.59. The normalized spacial score (nSPS) is 12.4. The molecular formula is C18H14F4N2O2S2. The minimum atomic E-state index is -4.59. The molecule has 2 aromatic carbocycles. The minimum Gasteiger partial charge on any atom is -0.243 e. The molecule has 0 aliphatic heterocycles. The number of para-hydroxylation sites is 1. The smallest absolute Gasteiger partial charge is 0.243 e. The van der Waals surface area contributed by atoms with Gasteiger partial charge in [0.05, 0.1) is 5.52 Å². The van der Waals surface area contributed by atoms with Crippen molar-refractivity contribution in [1.82, 2.24) is 9.71 Å². The number of benzene rings is 2. The number of pyridine rings is 1. The summed E-state index contributed by atoms with van der Waals surface area (Å²) in [5.74, 6) is -0.725. The van der Waals surface area contributed by atoms with Gasteiger partial charge in [-0.3, -0.25) is 0 Å². The molecule has 0 spiro atoms. The molecule has 0 saturated heterocycles. The van der Waals surface area contributed by atoms with Crippen molar-refractivity contribution in [2.24, 2.45) is 0 Å². The lowest BCUT2D eigenvalue weighted by atomic mass is 10.2. The lowest BCUT2D eigenvalue weighted by molar-refractivity contribution is -0.141. The zero-order valence-corrected chi connectivity index (χ0v) is 15.8. The average molecular weight is 430 g/mol. The van der Waals surface area contributed by atoms with Gasteiger partial charge in [0.2, 0.25) is 10.0 Å². The summed E-state index contributed by atoms with van der Waals surface area (Å²) in [4.78, 5) is 3.49. The van der Waals surface area contributed by atoms with Gasteiger partial charge in [0.15, 0.2) is 0 Å². The Labute approximate surface area is 163 Å². The van der Waals surface area contributed by atoms with Gasteiger partial charge in [-0.05, 0) is 24.3 Å². The molecule has 1 N–H and O–H groups in total. The molecule has 0 atom stereocenters. The molecule has 0 saturated carbocycles. The SMILES string of the molecule is O=S(=O)(NCCSc1cc(C(F)(F)F)nc2ccccc12)c1ccccc1F. The second-order valence-electron chi connectivity index (χ2n) is 5.70. The Hall–Kier alpha value is -2.17. The molecule has 0 unspecified atom stereocenters. The Morgan fingerprint density at radius 3 is 2.43 bits per heavy atom. The number of halogens is 4. The molecule has 1 aromatic heterocycles. The molecule has 28 heavy (non-hydrogen) atoms. The van der Waals surface area contributed by atoms with E-state index in [9.17, 15) is 26.0 Å². The van der Waals surface area contributed by atoms with Crippen molar-refractivity contribution < 1.29 is 26.0 Å². The van der Waals surface area contributed by atoms with Crippen LogP contribution in [0.5, 0.6) is 0 Å². The van der Waals surface area contributed by atoms with E-state index < -0.39 is 32.6 Å². The van der Waals surface area contributed by atoms with E-state index in [4.69, 9.17) is 0 Å². The van der Waals surface area contributed by atoms with Crippen molar-refractivity contribution in [1.29, 1.82) is 0 Å². The van der Waals surface area contributed by atoms with Crippen molar-refractivity contribution in [3.8, 4) is 0 Å². The number of thioether (sulfide) groups is 1. The predicted molar refractivity (Wildman–Crippen MR) is 99.1 cm³/mol. The van der Waals surface area contributed by atoms with Crippen LogP contribution in [-0.4, -0.2) is 25.7 Å². The lowest BCUT2D eigenvalue weighted by Crippen LogP contribution is -2.26. The Kier molecular flexibility index (Phi) is 5.92. The Morgan fingerprint density at radius 1 is 1.04 bits per heavy atom. The highest BCUT2D eigenvalue weighted by Gasteiger charge is 2.33. The molecule has 0 fully saturated rings. The van der Waals surface area contributed by atoms with Crippen LogP contribution in [0.4, 0.5) is 17.6 Å². The summed E-state index contributed by atoms with van der Waals surface area (Å²) in [5, 5.41) is 0.539. The van der Waals surface area contributed by atoms with E-state index in [1.54, 1.807) is 18.2 Å². The maximum absolute atomic E-state index is 13.7. The summed E-state index contributed by atoms with van der Waals surface area (Å²) in [6.45, 7) is -0.0840. The molecular weight excluding hydrogens is 416 g/mol. The number of hydrogen-bond donors (Lipinski definition) is 1. The largest absolute Gasteiger partial charge is 0.433 e. The van der Waals surface area contributed by atoms with Crippen molar-refractivity contribution >= 4 is 32.7 Å². The first kappa shape index (κ1) is 20.6. The van der Waals surface area contributed by atoms with Crippen molar-refractivity contribution in [3.63, 3.8) is 0 Å². The van der Waals surface area contributed by atoms with Gasteiger partial charge < -0.3 is 0 Å². The first-order chi connectivity index (χ1) is 13.2. The maximum atomic E-state index is 13.7. The molecule has 0 amide bonds. The first-order valence-electron chi connectivity index (χ1n) is 8.02. The highest BCUT2D eigenvalue weighted by Crippen LogP contribution is 2.34. The minimum absolute atomic E-state index is 0.0840. The third-order valence-corrected chi connectivity index (χ3v) is 6.30. The Bertz CT molecular complexity index is 1100. The predicted octanol–water partition coefficient (Wildman–Crippen LogP) is 4.46. The zero-order chi connectivity index (χ0) is 20.4. The fourth-order valence-corrected chi connectivity index (χ4v) is 4.67. The molecule has 1 heterocycles. The summed E-state index contributed by atoms with van der Waals surface area (Å²) < 4.78 is 79.4. The lowest BCUT2D eigenvalue weighted by Gasteiger charge is -2.12. The number of hydrogen-bond acceptors (Lipinski definition) is 4. The third kappa shape index (κ3) is 4.62. The van der Waals surface area contributed by atoms with Crippen LogP contribution < -0.4 is 4.72 Å². The second kappa shape index (κ2) is 8.06. The fraction of sp³-hybridized carbons (Fsp3) is 0.167. The van der Waals surface area contributed by atoms with E-state index in [2.05, 4.69) is 9.71 Å². The van der Waals surface area contributed by atoms with E-state index in [1.165, 1.54) is 18.2 Å². The number of nitrogens with one attached hydrogen (secondary N) is 1. The second-order valence-corrected chi connectivity index (χ2v) is 8.57. The van der Waals surface area contributed by atoms with Crippen LogP contribution >= 0.6 is 11.8 Å². The third-order valence-electron chi connectivity index (χ3n) is 3.75. The van der Waals surface area contributed by atoms with Gasteiger partial charge in [0, 0.05) is 22.6 Å². The van der Waals surface area contributed by atoms with Gasteiger partial charge in [-0.2, -0.15) is 13.2 Å². The van der Waals surface area contributed by atoms with Crippen molar-refractivity contribution in [2.75, 3.05) is 12.3 Å². The number of fused-ring (bicyclic) bond motifs is 1. The quantitative estimate of drug-likeness (QED) is 0.356. The number of aromatic nitrogens is 1. The van der Waals surface area contributed by atoms with Crippen LogP contribution in [0.15, 0.2) is 64.4 Å². The Balaban J connectivity index is 1.75. The highest BCUT2D eigenvalue weighted by molar-refractivity contribution is 7.99. The summed E-state index contributed by atoms with van der Waals surface area (Å²) >= 11 is 1.06. The molecule has 0 bridgehead atoms. The first-order valence-corrected chi connectivity index (χ1v) is 10.5. The van der Waals surface area contributed by atoms with Crippen LogP contribution in [0, 0.1) is 5.82 Å². The molecule has 0 radical (unpaired) electrons. The number of sulfonamides is 1. The zero-order valence-electron chi connectivity index (χ0n) is 14.2. The molecule has 148 valence electrons. The highest BCUT2D eigenvalue weighted by atomic mass is 32.2. The number of alkyl halides is 3. The summed E-state index contributed by atoms with van der Waals surface area (Å²) in [6, 6.07) is 12.3. The standard InChI is InChI=1S/C18H14F4N2O2S2/c19-13-6-2-4-8-16(13)28(25,26)23-9-10-27-15-11-17(18(20,21)22)24-14-7-3-1-5-12(14)15/h1-8,11,23H,9-10H2. The summed E-state index contributed by atoms with van der Waals surface area (Å²) in [7, 11) is -4.05. The number of rotatable bonds is 6. The van der Waals surface area contributed by atoms with Crippen LogP contribution in [0.2, 0.25) is 0 Å². The van der Waals surface area contributed by atoms with Gasteiger partial charge in [-0.15, -0.1) is 11.8 Å². The van der Waals surface area contributed by atoms with E-state index in [-0.39, 0.29) is 17.8 Å². The van der Waals surface area contributed by atoms with Crippen LogP contribution in [0.1, 0.15) is 5.69 Å². The van der Waals surface area contributed by atoms with E-state index in [0.717, 1.165) is 30.0 Å². The van der Waals surface area contributed by atoms with Gasteiger partial charge in [-0.25, -0.2) is 22.5 Å². The van der Waals surface area contributed by atoms with E-state index in [0.29, 0.717) is 10.3 Å². The van der Waals surface area contributed by atoms with Gasteiger partial charge in [-0.1, -0.05) is 30.3 Å². The van der Waals surface area contributed by atoms with Crippen LogP contribution in [0.25, 0.3) is 10.9 Å². The van der Waals surface area contributed by atoms with Gasteiger partial charge >= 0.3 is 6.18 Å². The topological polar surface area (TPSA) is 59.1 Å². The maximum Gasteiger partial charge on any atom is 0.433 e. The molecule has 0 aliphatic carbocycles. The van der Waals surface area contributed by atoms with Crippen molar-refractivity contribution in [3.05, 3.63) is 66.1 Å². The molecule has 4 nitrogen and oxygen atoms in total. The monoisotopic (exact) mass is 430 g/mol. The van der Waals surface area contributed by atoms with Gasteiger partial charge in [0.25, 0.3) is 0 Å². The van der Waals surface area contributed by atoms with E-state index in [1.807, 2.05) is 0 Å². The molecule has 3 aromatic rings. The Morgan fingerprint density at radius 2 is 1.71 bits per heavy atom. The molecule has 3 rings (SSSR count). The molecule has 10 heteroatoms. The van der Waals surface area contributed by atoms with E-state index >= 15 is 0 Å². The van der Waals surface area contributed by atoms with Gasteiger partial charge in [0.1, 0.15) is 16.4 Å². The summed E-state index contributed by atoms with van der Waals surface area (Å²) in [5.41, 5.74) is -0.813. The fourth-order valence-electron chi connectivity index (χ4n) is 2.49. The average Bonchev–Trinajstić information content (AvgIpc) is 2.64. The number of nitrogens with zero attached hydrogens (tertiary/aromatic N) is 1. The van der Waals surface area contributed by atoms with Crippen LogP contribution in [-0.2, 0) is 16.2 Å². The van der Waals surface area contributed by atoms with Crippen LogP contribution in [0.3, 0.4) is 0 Å².